The number of fused-ring (bicyclic) bond motifs is 1. The van der Waals surface area contributed by atoms with E-state index in [1.54, 1.807) is 6.20 Å². The molecule has 1 aromatic heterocycles. The van der Waals surface area contributed by atoms with Crippen LogP contribution in [0.15, 0.2) is 54.9 Å². The van der Waals surface area contributed by atoms with Crippen LogP contribution in [0.1, 0.15) is 29.0 Å². The summed E-state index contributed by atoms with van der Waals surface area (Å²) >= 11 is 0. The van der Waals surface area contributed by atoms with Crippen molar-refractivity contribution >= 4 is 16.7 Å². The fourth-order valence-electron chi connectivity index (χ4n) is 3.98. The molecule has 0 spiro atoms. The van der Waals surface area contributed by atoms with Gasteiger partial charge in [0.15, 0.2) is 0 Å². The third-order valence-electron chi connectivity index (χ3n) is 5.41. The number of piperidine rings is 1. The fraction of sp³-hybridized carbons (Fsp3) is 0.364. The lowest BCUT2D eigenvalue weighted by molar-refractivity contribution is 0.0934. The van der Waals surface area contributed by atoms with Crippen molar-refractivity contribution in [2.45, 2.75) is 19.3 Å². The Labute approximate surface area is 159 Å². The summed E-state index contributed by atoms with van der Waals surface area (Å²) in [7, 11) is 0. The van der Waals surface area contributed by atoms with E-state index in [-0.39, 0.29) is 5.91 Å². The number of hydrogen-bond donors (Lipinski definition) is 2. The van der Waals surface area contributed by atoms with Crippen molar-refractivity contribution in [3.05, 3.63) is 66.2 Å². The molecule has 0 radical (unpaired) electrons. The molecule has 1 atom stereocenters. The first kappa shape index (κ1) is 17.7. The van der Waals surface area contributed by atoms with Crippen LogP contribution in [-0.4, -0.2) is 47.0 Å². The van der Waals surface area contributed by atoms with Gasteiger partial charge in [0, 0.05) is 44.0 Å². The molecule has 1 aliphatic rings. The SMILES string of the molecule is O=C(NCC1CCCN(CCc2ncc[nH]2)C1)c1cccc2ccccc12. The number of benzene rings is 2. The molecule has 1 fully saturated rings. The van der Waals surface area contributed by atoms with Gasteiger partial charge in [-0.25, -0.2) is 4.98 Å². The minimum absolute atomic E-state index is 0.0273. The molecule has 27 heavy (non-hydrogen) atoms. The molecule has 1 aliphatic heterocycles. The predicted octanol–water partition coefficient (Wildman–Crippen LogP) is 3.25. The molecule has 1 amide bonds. The van der Waals surface area contributed by atoms with Crippen molar-refractivity contribution in [3.63, 3.8) is 0 Å². The predicted molar refractivity (Wildman–Crippen MR) is 108 cm³/mol. The monoisotopic (exact) mass is 362 g/mol. The average molecular weight is 362 g/mol. The molecule has 1 saturated heterocycles. The minimum Gasteiger partial charge on any atom is -0.352 e. The molecule has 0 bridgehead atoms. The first-order chi connectivity index (χ1) is 13.3. The second-order valence-electron chi connectivity index (χ2n) is 7.33. The Morgan fingerprint density at radius 1 is 1.22 bits per heavy atom. The lowest BCUT2D eigenvalue weighted by Gasteiger charge is -2.32. The van der Waals surface area contributed by atoms with Crippen molar-refractivity contribution < 1.29 is 4.79 Å². The first-order valence-corrected chi connectivity index (χ1v) is 9.76. The number of hydrogen-bond acceptors (Lipinski definition) is 3. The summed E-state index contributed by atoms with van der Waals surface area (Å²) in [5, 5.41) is 5.29. The summed E-state index contributed by atoms with van der Waals surface area (Å²) in [6.45, 7) is 3.92. The standard InChI is InChI=1S/C22H26N4O/c27-22(20-9-3-7-18-6-1-2-8-19(18)20)25-15-17-5-4-13-26(16-17)14-10-21-23-11-12-24-21/h1-3,6-9,11-12,17H,4-5,10,13-16H2,(H,23,24)(H,25,27). The fourth-order valence-corrected chi connectivity index (χ4v) is 3.98. The Bertz CT molecular complexity index is 885. The minimum atomic E-state index is 0.0273. The van der Waals surface area contributed by atoms with Crippen molar-refractivity contribution in [2.24, 2.45) is 5.92 Å². The molecular weight excluding hydrogens is 336 g/mol. The number of aromatic amines is 1. The lowest BCUT2D eigenvalue weighted by atomic mass is 9.97. The van der Waals surface area contributed by atoms with Crippen LogP contribution in [-0.2, 0) is 6.42 Å². The zero-order valence-electron chi connectivity index (χ0n) is 15.5. The van der Waals surface area contributed by atoms with E-state index in [0.29, 0.717) is 5.92 Å². The molecule has 0 saturated carbocycles. The van der Waals surface area contributed by atoms with Gasteiger partial charge in [-0.1, -0.05) is 36.4 Å². The second kappa shape index (κ2) is 8.35. The normalized spacial score (nSPS) is 17.9. The van der Waals surface area contributed by atoms with E-state index < -0.39 is 0 Å². The highest BCUT2D eigenvalue weighted by Gasteiger charge is 2.21. The molecule has 5 heteroatoms. The van der Waals surface area contributed by atoms with Crippen LogP contribution < -0.4 is 5.32 Å². The van der Waals surface area contributed by atoms with Crippen LogP contribution in [0, 0.1) is 5.92 Å². The van der Waals surface area contributed by atoms with E-state index >= 15 is 0 Å². The largest absolute Gasteiger partial charge is 0.352 e. The number of amides is 1. The van der Waals surface area contributed by atoms with Crippen LogP contribution in [0.2, 0.25) is 0 Å². The number of H-pyrrole nitrogens is 1. The number of carbonyl (C=O) groups excluding carboxylic acids is 1. The molecule has 0 aliphatic carbocycles. The van der Waals surface area contributed by atoms with Crippen molar-refractivity contribution in [1.82, 2.24) is 20.2 Å². The van der Waals surface area contributed by atoms with E-state index in [9.17, 15) is 4.79 Å². The molecule has 140 valence electrons. The van der Waals surface area contributed by atoms with Gasteiger partial charge in [-0.05, 0) is 42.1 Å². The van der Waals surface area contributed by atoms with Crippen LogP contribution in [0.4, 0.5) is 0 Å². The van der Waals surface area contributed by atoms with E-state index in [1.165, 1.54) is 12.8 Å². The Balaban J connectivity index is 1.31. The molecular formula is C22H26N4O. The van der Waals surface area contributed by atoms with Gasteiger partial charge < -0.3 is 15.2 Å². The summed E-state index contributed by atoms with van der Waals surface area (Å²) < 4.78 is 0. The Morgan fingerprint density at radius 2 is 2.11 bits per heavy atom. The third-order valence-corrected chi connectivity index (χ3v) is 5.41. The summed E-state index contributed by atoms with van der Waals surface area (Å²) in [6.07, 6.45) is 6.98. The van der Waals surface area contributed by atoms with Crippen LogP contribution in [0.25, 0.3) is 10.8 Å². The van der Waals surface area contributed by atoms with Gasteiger partial charge in [-0.2, -0.15) is 0 Å². The third kappa shape index (κ3) is 4.37. The number of aromatic nitrogens is 2. The van der Waals surface area contributed by atoms with Gasteiger partial charge in [-0.3, -0.25) is 4.79 Å². The highest BCUT2D eigenvalue weighted by molar-refractivity contribution is 6.06. The summed E-state index contributed by atoms with van der Waals surface area (Å²) in [5.74, 6) is 1.58. The Morgan fingerprint density at radius 3 is 3.00 bits per heavy atom. The lowest BCUT2D eigenvalue weighted by Crippen LogP contribution is -2.41. The molecule has 2 aromatic carbocycles. The maximum absolute atomic E-state index is 12.7. The first-order valence-electron chi connectivity index (χ1n) is 9.76. The highest BCUT2D eigenvalue weighted by atomic mass is 16.1. The molecule has 1 unspecified atom stereocenters. The summed E-state index contributed by atoms with van der Waals surface area (Å²) in [4.78, 5) is 22.7. The number of rotatable bonds is 6. The number of likely N-dealkylation sites (tertiary alicyclic amines) is 1. The number of imidazole rings is 1. The van der Waals surface area contributed by atoms with Crippen molar-refractivity contribution in [2.75, 3.05) is 26.2 Å². The van der Waals surface area contributed by atoms with Gasteiger partial charge in [-0.15, -0.1) is 0 Å². The number of nitrogens with zero attached hydrogens (tertiary/aromatic N) is 2. The number of nitrogens with one attached hydrogen (secondary N) is 2. The van der Waals surface area contributed by atoms with Gasteiger partial charge in [0.1, 0.15) is 5.82 Å². The van der Waals surface area contributed by atoms with Gasteiger partial charge in [0.05, 0.1) is 0 Å². The van der Waals surface area contributed by atoms with Gasteiger partial charge >= 0.3 is 0 Å². The zero-order valence-corrected chi connectivity index (χ0v) is 15.5. The maximum atomic E-state index is 12.7. The summed E-state index contributed by atoms with van der Waals surface area (Å²) in [6, 6.07) is 14.0. The second-order valence-corrected chi connectivity index (χ2v) is 7.33. The maximum Gasteiger partial charge on any atom is 0.251 e. The van der Waals surface area contributed by atoms with E-state index in [1.807, 2.05) is 48.7 Å². The molecule has 2 heterocycles. The van der Waals surface area contributed by atoms with Crippen molar-refractivity contribution in [3.8, 4) is 0 Å². The van der Waals surface area contributed by atoms with Crippen molar-refractivity contribution in [1.29, 1.82) is 0 Å². The zero-order chi connectivity index (χ0) is 18.5. The average Bonchev–Trinajstić information content (AvgIpc) is 3.24. The Hall–Kier alpha value is -2.66. The molecule has 2 N–H and O–H groups in total. The highest BCUT2D eigenvalue weighted by Crippen LogP contribution is 2.19. The van der Waals surface area contributed by atoms with E-state index in [0.717, 1.165) is 54.8 Å². The van der Waals surface area contributed by atoms with E-state index in [2.05, 4.69) is 20.2 Å². The van der Waals surface area contributed by atoms with E-state index in [4.69, 9.17) is 0 Å². The molecule has 3 aromatic rings. The van der Waals surface area contributed by atoms with Gasteiger partial charge in [0.25, 0.3) is 5.91 Å². The van der Waals surface area contributed by atoms with Gasteiger partial charge in [0.2, 0.25) is 0 Å². The Kier molecular flexibility index (Phi) is 5.49. The van der Waals surface area contributed by atoms with Crippen LogP contribution in [0.3, 0.4) is 0 Å². The van der Waals surface area contributed by atoms with Crippen LogP contribution >= 0.6 is 0 Å². The van der Waals surface area contributed by atoms with Crippen LogP contribution in [0.5, 0.6) is 0 Å². The molecule has 5 nitrogen and oxygen atoms in total. The smallest absolute Gasteiger partial charge is 0.251 e. The quantitative estimate of drug-likeness (QED) is 0.708. The summed E-state index contributed by atoms with van der Waals surface area (Å²) in [5.41, 5.74) is 0.763. The number of carbonyl (C=O) groups is 1. The topological polar surface area (TPSA) is 61.0 Å². The molecule has 4 rings (SSSR count).